The van der Waals surface area contributed by atoms with E-state index in [1.165, 1.54) is 0 Å². The van der Waals surface area contributed by atoms with E-state index in [1.807, 2.05) is 30.3 Å². The molecule has 0 radical (unpaired) electrons. The van der Waals surface area contributed by atoms with Crippen LogP contribution in [0.1, 0.15) is 5.56 Å². The lowest BCUT2D eigenvalue weighted by Gasteiger charge is -2.11. The summed E-state index contributed by atoms with van der Waals surface area (Å²) in [5.41, 5.74) is 2.20. The Labute approximate surface area is 128 Å². The van der Waals surface area contributed by atoms with Gasteiger partial charge in [0.05, 0.1) is 22.8 Å². The Balaban J connectivity index is 2.34. The van der Waals surface area contributed by atoms with Crippen molar-refractivity contribution in [3.63, 3.8) is 0 Å². The summed E-state index contributed by atoms with van der Waals surface area (Å²) in [4.78, 5) is 0. The van der Waals surface area contributed by atoms with Crippen LogP contribution in [0.2, 0.25) is 0 Å². The van der Waals surface area contributed by atoms with Gasteiger partial charge in [-0.2, -0.15) is 5.26 Å². The quantitative estimate of drug-likeness (QED) is 0.827. The second-order valence-electron chi connectivity index (χ2n) is 3.78. The maximum absolute atomic E-state index is 9.12. The molecule has 3 nitrogen and oxygen atoms in total. The number of ether oxygens (including phenoxy) is 1. The number of rotatable bonds is 3. The van der Waals surface area contributed by atoms with Crippen LogP contribution in [0, 0.1) is 11.3 Å². The SMILES string of the molecule is COc1cc(Nc2ccc(Br)cc2C#N)ccc1Br. The van der Waals surface area contributed by atoms with Gasteiger partial charge in [-0.1, -0.05) is 15.9 Å². The fourth-order valence-electron chi connectivity index (χ4n) is 1.61. The van der Waals surface area contributed by atoms with Gasteiger partial charge in [-0.05, 0) is 46.3 Å². The third kappa shape index (κ3) is 3.28. The Morgan fingerprint density at radius 3 is 2.63 bits per heavy atom. The highest BCUT2D eigenvalue weighted by Crippen LogP contribution is 2.30. The first-order valence-corrected chi connectivity index (χ1v) is 7.03. The highest BCUT2D eigenvalue weighted by atomic mass is 79.9. The molecule has 2 aromatic rings. The van der Waals surface area contributed by atoms with Gasteiger partial charge in [0.25, 0.3) is 0 Å². The smallest absolute Gasteiger partial charge is 0.135 e. The van der Waals surface area contributed by atoms with Crippen molar-refractivity contribution < 1.29 is 4.74 Å². The summed E-state index contributed by atoms with van der Waals surface area (Å²) in [6.07, 6.45) is 0. The van der Waals surface area contributed by atoms with Crippen molar-refractivity contribution in [2.24, 2.45) is 0 Å². The Morgan fingerprint density at radius 1 is 1.16 bits per heavy atom. The van der Waals surface area contributed by atoms with Gasteiger partial charge >= 0.3 is 0 Å². The lowest BCUT2D eigenvalue weighted by Crippen LogP contribution is -1.94. The van der Waals surface area contributed by atoms with Crippen molar-refractivity contribution in [3.05, 3.63) is 50.9 Å². The van der Waals surface area contributed by atoms with Crippen LogP contribution < -0.4 is 10.1 Å². The average molecular weight is 382 g/mol. The van der Waals surface area contributed by atoms with E-state index in [1.54, 1.807) is 13.2 Å². The molecule has 0 saturated heterocycles. The summed E-state index contributed by atoms with van der Waals surface area (Å²) in [5, 5.41) is 12.3. The molecule has 0 saturated carbocycles. The van der Waals surface area contributed by atoms with Gasteiger partial charge in [0.2, 0.25) is 0 Å². The fourth-order valence-corrected chi connectivity index (χ4v) is 2.38. The molecule has 19 heavy (non-hydrogen) atoms. The number of nitrogens with zero attached hydrogens (tertiary/aromatic N) is 1. The molecule has 0 unspecified atom stereocenters. The number of halogens is 2. The molecule has 0 heterocycles. The van der Waals surface area contributed by atoms with E-state index in [0.29, 0.717) is 5.56 Å². The molecular formula is C14H10Br2N2O. The average Bonchev–Trinajstić information content (AvgIpc) is 2.42. The summed E-state index contributed by atoms with van der Waals surface area (Å²) in [6, 6.07) is 13.4. The fraction of sp³-hybridized carbons (Fsp3) is 0.0714. The highest BCUT2D eigenvalue weighted by molar-refractivity contribution is 9.10. The minimum atomic E-state index is 0.580. The minimum absolute atomic E-state index is 0.580. The standard InChI is InChI=1S/C14H10Br2N2O/c1-19-14-7-11(3-4-12(14)16)18-13-5-2-10(15)6-9(13)8-17/h2-7,18H,1H3. The number of hydrogen-bond donors (Lipinski definition) is 1. The van der Waals surface area contributed by atoms with Gasteiger partial charge < -0.3 is 10.1 Å². The van der Waals surface area contributed by atoms with Crippen molar-refractivity contribution in [1.82, 2.24) is 0 Å². The normalized spacial score (nSPS) is 9.79. The summed E-state index contributed by atoms with van der Waals surface area (Å²) in [6.45, 7) is 0. The van der Waals surface area contributed by atoms with Crippen molar-refractivity contribution in [3.8, 4) is 11.8 Å². The molecular weight excluding hydrogens is 372 g/mol. The van der Waals surface area contributed by atoms with Crippen molar-refractivity contribution in [2.45, 2.75) is 0 Å². The zero-order chi connectivity index (χ0) is 13.8. The van der Waals surface area contributed by atoms with Gasteiger partial charge in [0.15, 0.2) is 0 Å². The molecule has 0 amide bonds. The molecule has 1 N–H and O–H groups in total. The van der Waals surface area contributed by atoms with Crippen LogP contribution in [0.15, 0.2) is 45.3 Å². The first kappa shape index (κ1) is 13.9. The van der Waals surface area contributed by atoms with E-state index in [2.05, 4.69) is 43.2 Å². The second-order valence-corrected chi connectivity index (χ2v) is 5.55. The number of benzene rings is 2. The number of nitriles is 1. The molecule has 0 aromatic heterocycles. The Hall–Kier alpha value is -1.51. The Bertz CT molecular complexity index is 650. The zero-order valence-electron chi connectivity index (χ0n) is 10.1. The molecule has 0 aliphatic heterocycles. The summed E-state index contributed by atoms with van der Waals surface area (Å²) in [7, 11) is 1.62. The Morgan fingerprint density at radius 2 is 1.95 bits per heavy atom. The van der Waals surface area contributed by atoms with E-state index in [4.69, 9.17) is 10.00 Å². The number of hydrogen-bond acceptors (Lipinski definition) is 3. The zero-order valence-corrected chi connectivity index (χ0v) is 13.2. The van der Waals surface area contributed by atoms with Crippen LogP contribution in [-0.4, -0.2) is 7.11 Å². The van der Waals surface area contributed by atoms with Gasteiger partial charge in [-0.3, -0.25) is 0 Å². The van der Waals surface area contributed by atoms with E-state index in [0.717, 1.165) is 26.1 Å². The Kier molecular flexibility index (Phi) is 4.46. The van der Waals surface area contributed by atoms with E-state index in [9.17, 15) is 0 Å². The third-order valence-corrected chi connectivity index (χ3v) is 3.68. The summed E-state index contributed by atoms with van der Waals surface area (Å²) < 4.78 is 7.00. The van der Waals surface area contributed by atoms with Gasteiger partial charge in [-0.15, -0.1) is 0 Å². The van der Waals surface area contributed by atoms with E-state index < -0.39 is 0 Å². The van der Waals surface area contributed by atoms with Gasteiger partial charge in [0, 0.05) is 16.2 Å². The first-order chi connectivity index (χ1) is 9.13. The molecule has 2 rings (SSSR count). The molecule has 0 atom stereocenters. The van der Waals surface area contributed by atoms with Crippen LogP contribution >= 0.6 is 31.9 Å². The molecule has 0 bridgehead atoms. The topological polar surface area (TPSA) is 45.0 Å². The largest absolute Gasteiger partial charge is 0.495 e. The minimum Gasteiger partial charge on any atom is -0.495 e. The van der Waals surface area contributed by atoms with Crippen molar-refractivity contribution >= 4 is 43.2 Å². The van der Waals surface area contributed by atoms with Crippen LogP contribution in [0.4, 0.5) is 11.4 Å². The summed E-state index contributed by atoms with van der Waals surface area (Å²) >= 11 is 6.75. The molecule has 0 aliphatic carbocycles. The predicted molar refractivity (Wildman–Crippen MR) is 82.8 cm³/mol. The molecule has 0 aliphatic rings. The maximum atomic E-state index is 9.12. The van der Waals surface area contributed by atoms with E-state index in [-0.39, 0.29) is 0 Å². The molecule has 96 valence electrons. The van der Waals surface area contributed by atoms with E-state index >= 15 is 0 Å². The van der Waals surface area contributed by atoms with Gasteiger partial charge in [-0.25, -0.2) is 0 Å². The molecule has 2 aromatic carbocycles. The molecule has 5 heteroatoms. The van der Waals surface area contributed by atoms with Crippen molar-refractivity contribution in [2.75, 3.05) is 12.4 Å². The third-order valence-electron chi connectivity index (χ3n) is 2.53. The molecule has 0 fully saturated rings. The lowest BCUT2D eigenvalue weighted by molar-refractivity contribution is 0.412. The van der Waals surface area contributed by atoms with Crippen LogP contribution in [0.5, 0.6) is 5.75 Å². The monoisotopic (exact) mass is 380 g/mol. The second kappa shape index (κ2) is 6.09. The van der Waals surface area contributed by atoms with Gasteiger partial charge in [0.1, 0.15) is 11.8 Å². The highest BCUT2D eigenvalue weighted by Gasteiger charge is 2.05. The van der Waals surface area contributed by atoms with Crippen molar-refractivity contribution in [1.29, 1.82) is 5.26 Å². The maximum Gasteiger partial charge on any atom is 0.135 e. The number of anilines is 2. The molecule has 0 spiro atoms. The summed E-state index contributed by atoms with van der Waals surface area (Å²) in [5.74, 6) is 0.737. The number of methoxy groups -OCH3 is 1. The van der Waals surface area contributed by atoms with Crippen LogP contribution in [-0.2, 0) is 0 Å². The number of nitrogens with one attached hydrogen (secondary N) is 1. The lowest BCUT2D eigenvalue weighted by atomic mass is 10.2. The predicted octanol–water partition coefficient (Wildman–Crippen LogP) is 4.84. The van der Waals surface area contributed by atoms with Crippen LogP contribution in [0.3, 0.4) is 0 Å². The first-order valence-electron chi connectivity index (χ1n) is 5.44. The van der Waals surface area contributed by atoms with Crippen LogP contribution in [0.25, 0.3) is 0 Å².